The Labute approximate surface area is 159 Å². The van der Waals surface area contributed by atoms with Gasteiger partial charge in [0.25, 0.3) is 0 Å². The highest BCUT2D eigenvalue weighted by Gasteiger charge is 2.31. The van der Waals surface area contributed by atoms with Gasteiger partial charge in [0.2, 0.25) is 15.9 Å². The van der Waals surface area contributed by atoms with Gasteiger partial charge in [-0.15, -0.1) is 0 Å². The number of hydrogen-bond donors (Lipinski definition) is 1. The highest BCUT2D eigenvalue weighted by Crippen LogP contribution is 2.24. The fraction of sp³-hybridized carbons (Fsp3) is 0.412. The van der Waals surface area contributed by atoms with Crippen LogP contribution in [0.5, 0.6) is 0 Å². The lowest BCUT2D eigenvalue weighted by Gasteiger charge is -2.30. The second-order valence-electron chi connectivity index (χ2n) is 5.90. The van der Waals surface area contributed by atoms with Crippen molar-refractivity contribution in [2.24, 2.45) is 0 Å². The molecule has 1 atom stereocenters. The van der Waals surface area contributed by atoms with Crippen LogP contribution in [0.4, 0.5) is 5.69 Å². The number of rotatable bonds is 9. The monoisotopic (exact) mass is 398 g/mol. The molecule has 9 heteroatoms. The standard InChI is InChI=1S/C17H23ClN4O3S/c1-3-16(17(23)20-9-4-11-21-12-10-19-13-21)22(26(2,24)25)15-7-5-14(18)6-8-15/h5-8,10,12-13,16H,3-4,9,11H2,1-2H3,(H,20,23). The molecule has 2 rings (SSSR count). The molecule has 0 saturated heterocycles. The minimum atomic E-state index is -3.64. The van der Waals surface area contributed by atoms with Gasteiger partial charge in [0.15, 0.2) is 0 Å². The van der Waals surface area contributed by atoms with E-state index >= 15 is 0 Å². The summed E-state index contributed by atoms with van der Waals surface area (Å²) in [6, 6.07) is 5.58. The maximum absolute atomic E-state index is 12.6. The maximum atomic E-state index is 12.6. The normalized spacial score (nSPS) is 12.6. The molecule has 0 saturated carbocycles. The summed E-state index contributed by atoms with van der Waals surface area (Å²) in [5.74, 6) is -0.321. The van der Waals surface area contributed by atoms with Crippen molar-refractivity contribution < 1.29 is 13.2 Å². The predicted octanol–water partition coefficient (Wildman–Crippen LogP) is 2.29. The quantitative estimate of drug-likeness (QED) is 0.657. The first kappa shape index (κ1) is 20.3. The molecule has 26 heavy (non-hydrogen) atoms. The van der Waals surface area contributed by atoms with Crippen molar-refractivity contribution in [2.45, 2.75) is 32.4 Å². The molecule has 1 unspecified atom stereocenters. The molecule has 0 fully saturated rings. The summed E-state index contributed by atoms with van der Waals surface area (Å²) in [7, 11) is -3.64. The van der Waals surface area contributed by atoms with Crippen molar-refractivity contribution in [3.8, 4) is 0 Å². The van der Waals surface area contributed by atoms with E-state index in [1.165, 1.54) is 0 Å². The van der Waals surface area contributed by atoms with E-state index in [9.17, 15) is 13.2 Å². The van der Waals surface area contributed by atoms with Crippen LogP contribution in [0.1, 0.15) is 19.8 Å². The molecule has 1 heterocycles. The van der Waals surface area contributed by atoms with E-state index in [4.69, 9.17) is 11.6 Å². The van der Waals surface area contributed by atoms with Gasteiger partial charge >= 0.3 is 0 Å². The number of anilines is 1. The summed E-state index contributed by atoms with van der Waals surface area (Å²) in [6.45, 7) is 2.96. The number of nitrogens with zero attached hydrogens (tertiary/aromatic N) is 3. The third kappa shape index (κ3) is 5.47. The second kappa shape index (κ2) is 9.05. The van der Waals surface area contributed by atoms with E-state index in [1.807, 2.05) is 10.8 Å². The SMILES string of the molecule is CCC(C(=O)NCCCn1ccnc1)N(c1ccc(Cl)cc1)S(C)(=O)=O. The fourth-order valence-corrected chi connectivity index (χ4v) is 4.00. The van der Waals surface area contributed by atoms with Crippen LogP contribution in [0, 0.1) is 0 Å². The van der Waals surface area contributed by atoms with Crippen molar-refractivity contribution in [1.82, 2.24) is 14.9 Å². The molecule has 1 aromatic heterocycles. The van der Waals surface area contributed by atoms with E-state index in [0.717, 1.165) is 23.5 Å². The molecule has 2 aromatic rings. The van der Waals surface area contributed by atoms with Crippen molar-refractivity contribution in [1.29, 1.82) is 0 Å². The number of nitrogens with one attached hydrogen (secondary N) is 1. The van der Waals surface area contributed by atoms with E-state index < -0.39 is 16.1 Å². The zero-order chi connectivity index (χ0) is 19.2. The van der Waals surface area contributed by atoms with Crippen LogP contribution in [0.15, 0.2) is 43.0 Å². The first-order chi connectivity index (χ1) is 12.3. The number of sulfonamides is 1. The number of aromatic nitrogens is 2. The number of hydrogen-bond acceptors (Lipinski definition) is 4. The van der Waals surface area contributed by atoms with Crippen LogP contribution in [0.25, 0.3) is 0 Å². The molecule has 1 N–H and O–H groups in total. The van der Waals surface area contributed by atoms with E-state index in [0.29, 0.717) is 23.7 Å². The maximum Gasteiger partial charge on any atom is 0.243 e. The molecule has 0 spiro atoms. The minimum Gasteiger partial charge on any atom is -0.354 e. The topological polar surface area (TPSA) is 84.3 Å². The summed E-state index contributed by atoms with van der Waals surface area (Å²) >= 11 is 5.88. The van der Waals surface area contributed by atoms with Gasteiger partial charge in [0.1, 0.15) is 6.04 Å². The lowest BCUT2D eigenvalue weighted by molar-refractivity contribution is -0.122. The fourth-order valence-electron chi connectivity index (χ4n) is 2.66. The van der Waals surface area contributed by atoms with Gasteiger partial charge < -0.3 is 9.88 Å². The smallest absolute Gasteiger partial charge is 0.243 e. The van der Waals surface area contributed by atoms with Gasteiger partial charge in [-0.1, -0.05) is 18.5 Å². The molecule has 0 aliphatic carbocycles. The Morgan fingerprint density at radius 2 is 2.04 bits per heavy atom. The summed E-state index contributed by atoms with van der Waals surface area (Å²) < 4.78 is 27.7. The summed E-state index contributed by atoms with van der Waals surface area (Å²) in [6.07, 6.45) is 7.42. The number of halogens is 1. The molecule has 7 nitrogen and oxygen atoms in total. The molecular weight excluding hydrogens is 376 g/mol. The Kier molecular flexibility index (Phi) is 7.05. The van der Waals surface area contributed by atoms with Crippen molar-refractivity contribution in [3.05, 3.63) is 48.0 Å². The number of benzene rings is 1. The zero-order valence-electron chi connectivity index (χ0n) is 14.8. The predicted molar refractivity (Wildman–Crippen MR) is 103 cm³/mol. The molecule has 142 valence electrons. The molecule has 1 amide bonds. The Hall–Kier alpha value is -2.06. The average Bonchev–Trinajstić information content (AvgIpc) is 3.10. The van der Waals surface area contributed by atoms with E-state index in [1.54, 1.807) is 43.7 Å². The zero-order valence-corrected chi connectivity index (χ0v) is 16.4. The van der Waals surface area contributed by atoms with Gasteiger partial charge in [-0.05, 0) is 37.1 Å². The molecular formula is C17H23ClN4O3S. The Morgan fingerprint density at radius 3 is 2.58 bits per heavy atom. The number of aryl methyl sites for hydroxylation is 1. The van der Waals surface area contributed by atoms with Crippen molar-refractivity contribution >= 4 is 33.2 Å². The average molecular weight is 399 g/mol. The highest BCUT2D eigenvalue weighted by molar-refractivity contribution is 7.92. The number of carbonyl (C=O) groups is 1. The van der Waals surface area contributed by atoms with Crippen LogP contribution < -0.4 is 9.62 Å². The first-order valence-corrected chi connectivity index (χ1v) is 10.5. The molecule has 1 aromatic carbocycles. The van der Waals surface area contributed by atoms with Crippen LogP contribution in [0.2, 0.25) is 5.02 Å². The van der Waals surface area contributed by atoms with Crippen LogP contribution in [-0.4, -0.2) is 42.7 Å². The lowest BCUT2D eigenvalue weighted by atomic mass is 10.2. The van der Waals surface area contributed by atoms with Crippen molar-refractivity contribution in [3.63, 3.8) is 0 Å². The highest BCUT2D eigenvalue weighted by atomic mass is 35.5. The van der Waals surface area contributed by atoms with Crippen LogP contribution >= 0.6 is 11.6 Å². The lowest BCUT2D eigenvalue weighted by Crippen LogP contribution is -2.49. The number of carbonyl (C=O) groups excluding carboxylic acids is 1. The van der Waals surface area contributed by atoms with Gasteiger partial charge in [0, 0.05) is 30.5 Å². The second-order valence-corrected chi connectivity index (χ2v) is 8.20. The Morgan fingerprint density at radius 1 is 1.35 bits per heavy atom. The Balaban J connectivity index is 2.06. The van der Waals surface area contributed by atoms with Crippen LogP contribution in [-0.2, 0) is 21.4 Å². The molecule has 0 aliphatic heterocycles. The van der Waals surface area contributed by atoms with E-state index in [-0.39, 0.29) is 5.91 Å². The van der Waals surface area contributed by atoms with Gasteiger partial charge in [-0.25, -0.2) is 13.4 Å². The van der Waals surface area contributed by atoms with E-state index in [2.05, 4.69) is 10.3 Å². The number of amides is 1. The third-order valence-electron chi connectivity index (χ3n) is 3.86. The Bertz CT molecular complexity index is 807. The van der Waals surface area contributed by atoms with Crippen LogP contribution in [0.3, 0.4) is 0 Å². The van der Waals surface area contributed by atoms with Gasteiger partial charge in [0.05, 0.1) is 18.3 Å². The van der Waals surface area contributed by atoms with Crippen molar-refractivity contribution in [2.75, 3.05) is 17.1 Å². The molecule has 0 aliphatic rings. The minimum absolute atomic E-state index is 0.321. The molecule has 0 bridgehead atoms. The first-order valence-electron chi connectivity index (χ1n) is 8.31. The summed E-state index contributed by atoms with van der Waals surface area (Å²) in [4.78, 5) is 16.6. The number of imidazole rings is 1. The molecule has 0 radical (unpaired) electrons. The third-order valence-corrected chi connectivity index (χ3v) is 5.29. The van der Waals surface area contributed by atoms with Gasteiger partial charge in [-0.2, -0.15) is 0 Å². The summed E-state index contributed by atoms with van der Waals surface area (Å²) in [5, 5.41) is 3.32. The largest absolute Gasteiger partial charge is 0.354 e. The summed E-state index contributed by atoms with van der Waals surface area (Å²) in [5.41, 5.74) is 0.414. The van der Waals surface area contributed by atoms with Gasteiger partial charge in [-0.3, -0.25) is 9.10 Å².